The van der Waals surface area contributed by atoms with Gasteiger partial charge in [-0.05, 0) is 64.2 Å². The summed E-state index contributed by atoms with van der Waals surface area (Å²) < 4.78 is 7.26. The van der Waals surface area contributed by atoms with Crippen molar-refractivity contribution >= 4 is 0 Å². The SMILES string of the molecule is CCCCCC(C)(C)c1ccc(OC(c2c(C(C)(C)C)cc(C)cc2C(C)(C)C)C(CO)(CO)CO)c(C(C)(C)CCCCC)c1. The van der Waals surface area contributed by atoms with E-state index in [1.54, 1.807) is 0 Å². The van der Waals surface area contributed by atoms with E-state index >= 15 is 0 Å². The Labute approximate surface area is 283 Å². The van der Waals surface area contributed by atoms with Crippen LogP contribution in [0.3, 0.4) is 0 Å². The Morgan fingerprint density at radius 2 is 1.07 bits per heavy atom. The fourth-order valence-corrected chi connectivity index (χ4v) is 6.83. The lowest BCUT2D eigenvalue weighted by molar-refractivity contribution is -0.0757. The van der Waals surface area contributed by atoms with Crippen molar-refractivity contribution in [3.63, 3.8) is 0 Å². The molecule has 4 nitrogen and oxygen atoms in total. The summed E-state index contributed by atoms with van der Waals surface area (Å²) in [4.78, 5) is 0. The molecule has 0 bridgehead atoms. The van der Waals surface area contributed by atoms with Gasteiger partial charge >= 0.3 is 0 Å². The fraction of sp³-hybridized carbons (Fsp3) is 0.714. The summed E-state index contributed by atoms with van der Waals surface area (Å²) in [5.74, 6) is 0.764. The fourth-order valence-electron chi connectivity index (χ4n) is 6.83. The first-order valence-electron chi connectivity index (χ1n) is 18.0. The molecule has 0 fully saturated rings. The number of aliphatic hydroxyl groups is 3. The molecule has 0 aromatic heterocycles. The van der Waals surface area contributed by atoms with Crippen molar-refractivity contribution in [1.82, 2.24) is 0 Å². The Bertz CT molecular complexity index is 1190. The maximum absolute atomic E-state index is 11.0. The lowest BCUT2D eigenvalue weighted by atomic mass is 9.69. The molecule has 0 aliphatic carbocycles. The lowest BCUT2D eigenvalue weighted by Crippen LogP contribution is -2.44. The molecule has 3 N–H and O–H groups in total. The Morgan fingerprint density at radius 3 is 1.48 bits per heavy atom. The molecule has 2 rings (SSSR count). The van der Waals surface area contributed by atoms with Crippen LogP contribution >= 0.6 is 0 Å². The van der Waals surface area contributed by atoms with Crippen LogP contribution in [0.25, 0.3) is 0 Å². The molecule has 0 aliphatic rings. The number of benzene rings is 2. The van der Waals surface area contributed by atoms with Gasteiger partial charge in [-0.2, -0.15) is 0 Å². The standard InChI is InChI=1S/C42H70O4/c1-14-16-18-22-40(10,11)31-20-21-35(32(26-31)41(12,13)23-19-17-15-2)46-37(42(27-43,28-44)29-45)36-33(38(4,5)6)24-30(3)25-34(36)39(7,8)9/h20-21,24-26,37,43-45H,14-19,22-23,27-29H2,1-13H3. The molecule has 0 aliphatic heterocycles. The van der Waals surface area contributed by atoms with Crippen LogP contribution in [0.4, 0.5) is 0 Å². The molecule has 1 unspecified atom stereocenters. The first kappa shape index (κ1) is 40.3. The van der Waals surface area contributed by atoms with Gasteiger partial charge in [-0.1, -0.05) is 151 Å². The normalized spacial score (nSPS) is 14.1. The molecule has 0 radical (unpaired) electrons. The average Bonchev–Trinajstić information content (AvgIpc) is 2.96. The van der Waals surface area contributed by atoms with Gasteiger partial charge < -0.3 is 20.1 Å². The van der Waals surface area contributed by atoms with Gasteiger partial charge in [-0.3, -0.25) is 0 Å². The zero-order valence-corrected chi connectivity index (χ0v) is 32.0. The van der Waals surface area contributed by atoms with Crippen LogP contribution in [-0.4, -0.2) is 35.1 Å². The highest BCUT2D eigenvalue weighted by molar-refractivity contribution is 5.50. The monoisotopic (exact) mass is 639 g/mol. The molecule has 0 saturated carbocycles. The molecule has 2 aromatic rings. The van der Waals surface area contributed by atoms with Crippen LogP contribution in [0.15, 0.2) is 30.3 Å². The maximum Gasteiger partial charge on any atom is 0.137 e. The Morgan fingerprint density at radius 1 is 0.609 bits per heavy atom. The van der Waals surface area contributed by atoms with Gasteiger partial charge in [0, 0.05) is 11.1 Å². The van der Waals surface area contributed by atoms with Crippen LogP contribution in [0, 0.1) is 12.3 Å². The Kier molecular flexibility index (Phi) is 14.0. The number of rotatable bonds is 17. The highest BCUT2D eigenvalue weighted by Gasteiger charge is 2.45. The second-order valence-corrected chi connectivity index (χ2v) is 17.5. The third kappa shape index (κ3) is 9.60. The molecule has 1 atom stereocenters. The molecule has 2 aromatic carbocycles. The van der Waals surface area contributed by atoms with Crippen LogP contribution in [-0.2, 0) is 21.7 Å². The molecule has 4 heteroatoms. The van der Waals surface area contributed by atoms with E-state index in [2.05, 4.69) is 120 Å². The summed E-state index contributed by atoms with van der Waals surface area (Å²) in [6, 6.07) is 11.1. The second-order valence-electron chi connectivity index (χ2n) is 17.5. The van der Waals surface area contributed by atoms with E-state index in [1.165, 1.54) is 31.2 Å². The van der Waals surface area contributed by atoms with Gasteiger partial charge in [0.05, 0.1) is 25.2 Å². The van der Waals surface area contributed by atoms with Gasteiger partial charge in [0.15, 0.2) is 0 Å². The van der Waals surface area contributed by atoms with Crippen molar-refractivity contribution < 1.29 is 20.1 Å². The number of hydrogen-bond donors (Lipinski definition) is 3. The smallest absolute Gasteiger partial charge is 0.137 e. The summed E-state index contributed by atoms with van der Waals surface area (Å²) in [5.41, 5.74) is 4.85. The van der Waals surface area contributed by atoms with Crippen molar-refractivity contribution in [1.29, 1.82) is 0 Å². The minimum absolute atomic E-state index is 0.0160. The zero-order chi connectivity index (χ0) is 35.1. The van der Waals surface area contributed by atoms with Crippen molar-refractivity contribution in [3.8, 4) is 5.75 Å². The average molecular weight is 639 g/mol. The summed E-state index contributed by atoms with van der Waals surface area (Å²) in [6.45, 7) is 27.9. The van der Waals surface area contributed by atoms with Crippen molar-refractivity contribution in [2.75, 3.05) is 19.8 Å². The predicted octanol–water partition coefficient (Wildman–Crippen LogP) is 10.4. The van der Waals surface area contributed by atoms with Gasteiger partial charge in [0.2, 0.25) is 0 Å². The quantitative estimate of drug-likeness (QED) is 0.151. The second kappa shape index (κ2) is 16.0. The molecule has 0 amide bonds. The van der Waals surface area contributed by atoms with E-state index in [-0.39, 0.29) is 21.7 Å². The van der Waals surface area contributed by atoms with Crippen molar-refractivity contribution in [3.05, 3.63) is 63.7 Å². The minimum Gasteiger partial charge on any atom is -0.485 e. The molecule has 46 heavy (non-hydrogen) atoms. The van der Waals surface area contributed by atoms with Gasteiger partial charge in [-0.15, -0.1) is 0 Å². The van der Waals surface area contributed by atoms with E-state index in [4.69, 9.17) is 4.74 Å². The number of ether oxygens (including phenoxy) is 1. The number of aryl methyl sites for hydroxylation is 1. The first-order chi connectivity index (χ1) is 21.2. The Balaban J connectivity index is 2.99. The number of hydrogen-bond acceptors (Lipinski definition) is 4. The molecular formula is C42H70O4. The topological polar surface area (TPSA) is 69.9 Å². The molecular weight excluding hydrogens is 568 g/mol. The van der Waals surface area contributed by atoms with Crippen molar-refractivity contribution in [2.45, 2.75) is 169 Å². The maximum atomic E-state index is 11.0. The predicted molar refractivity (Wildman–Crippen MR) is 196 cm³/mol. The third-order valence-corrected chi connectivity index (χ3v) is 10.2. The highest BCUT2D eigenvalue weighted by atomic mass is 16.5. The summed E-state index contributed by atoms with van der Waals surface area (Å²) >= 11 is 0. The van der Waals surface area contributed by atoms with E-state index in [9.17, 15) is 15.3 Å². The van der Waals surface area contributed by atoms with E-state index < -0.39 is 31.3 Å². The van der Waals surface area contributed by atoms with Gasteiger partial charge in [-0.25, -0.2) is 0 Å². The summed E-state index contributed by atoms with van der Waals surface area (Å²) in [5, 5.41) is 32.9. The molecule has 0 spiro atoms. The summed E-state index contributed by atoms with van der Waals surface area (Å²) in [7, 11) is 0. The van der Waals surface area contributed by atoms with Crippen LogP contribution in [0.1, 0.15) is 174 Å². The third-order valence-electron chi connectivity index (χ3n) is 10.2. The minimum atomic E-state index is -1.31. The largest absolute Gasteiger partial charge is 0.485 e. The van der Waals surface area contributed by atoms with Crippen LogP contribution in [0.5, 0.6) is 5.75 Å². The van der Waals surface area contributed by atoms with Crippen molar-refractivity contribution in [2.24, 2.45) is 5.41 Å². The van der Waals surface area contributed by atoms with Crippen LogP contribution in [0.2, 0.25) is 0 Å². The van der Waals surface area contributed by atoms with E-state index in [0.29, 0.717) is 0 Å². The molecule has 0 saturated heterocycles. The molecule has 262 valence electrons. The van der Waals surface area contributed by atoms with E-state index in [0.717, 1.165) is 59.3 Å². The van der Waals surface area contributed by atoms with Gasteiger partial charge in [0.25, 0.3) is 0 Å². The number of unbranched alkanes of at least 4 members (excludes halogenated alkanes) is 4. The van der Waals surface area contributed by atoms with Gasteiger partial charge in [0.1, 0.15) is 11.9 Å². The lowest BCUT2D eigenvalue weighted by Gasteiger charge is -2.43. The first-order valence-corrected chi connectivity index (χ1v) is 18.0. The summed E-state index contributed by atoms with van der Waals surface area (Å²) in [6.07, 6.45) is 8.47. The zero-order valence-electron chi connectivity index (χ0n) is 32.0. The molecule has 0 heterocycles. The van der Waals surface area contributed by atoms with Crippen LogP contribution < -0.4 is 4.74 Å². The highest BCUT2D eigenvalue weighted by Crippen LogP contribution is 2.49. The van der Waals surface area contributed by atoms with E-state index in [1.807, 2.05) is 0 Å². The number of aliphatic hydroxyl groups excluding tert-OH is 3. The Hall–Kier alpha value is -1.88.